The third-order valence-electron chi connectivity index (χ3n) is 5.95. The zero-order chi connectivity index (χ0) is 23.8. The highest BCUT2D eigenvalue weighted by atomic mass is 32.2. The highest BCUT2D eigenvalue weighted by Crippen LogP contribution is 2.44. The van der Waals surface area contributed by atoms with Crippen molar-refractivity contribution in [2.24, 2.45) is 12.5 Å². The lowest BCUT2D eigenvalue weighted by Gasteiger charge is -2.40. The molecule has 8 nitrogen and oxygen atoms in total. The molecule has 33 heavy (non-hydrogen) atoms. The average molecular weight is 478 g/mol. The van der Waals surface area contributed by atoms with Crippen molar-refractivity contribution >= 4 is 15.8 Å². The molecule has 11 heteroatoms. The van der Waals surface area contributed by atoms with Gasteiger partial charge in [-0.15, -0.1) is 0 Å². The maximum Gasteiger partial charge on any atom is 0.266 e. The quantitative estimate of drug-likeness (QED) is 0.576. The summed E-state index contributed by atoms with van der Waals surface area (Å²) in [6.07, 6.45) is 6.09. The van der Waals surface area contributed by atoms with E-state index in [4.69, 9.17) is 4.74 Å². The van der Waals surface area contributed by atoms with Gasteiger partial charge in [0.2, 0.25) is 0 Å². The van der Waals surface area contributed by atoms with Crippen LogP contribution in [0.3, 0.4) is 0 Å². The standard InChI is InChI=1S/C22H25F2N5O3S/c1-22(2)7-4-14(17-5-9-27-29(17)3)19(12-22)32-18-10-16(24)20(11-15(18)23)33(30,31)28-21-6-8-25-13-26-21/h5-6,8-11,13-14,19H,4,7,12H2,1-3H3,(H,25,26,28)/t14-,19+/m1/s1. The van der Waals surface area contributed by atoms with Crippen LogP contribution in [-0.4, -0.2) is 34.3 Å². The molecule has 0 bridgehead atoms. The Morgan fingerprint density at radius 1 is 1.18 bits per heavy atom. The van der Waals surface area contributed by atoms with Gasteiger partial charge in [-0.1, -0.05) is 13.8 Å². The molecule has 1 aliphatic carbocycles. The van der Waals surface area contributed by atoms with E-state index in [1.54, 1.807) is 10.9 Å². The zero-order valence-electron chi connectivity index (χ0n) is 18.5. The van der Waals surface area contributed by atoms with E-state index in [9.17, 15) is 17.2 Å². The molecule has 0 saturated heterocycles. The predicted molar refractivity (Wildman–Crippen MR) is 117 cm³/mol. The van der Waals surface area contributed by atoms with Gasteiger partial charge in [-0.25, -0.2) is 27.2 Å². The van der Waals surface area contributed by atoms with Crippen molar-refractivity contribution in [1.82, 2.24) is 19.7 Å². The molecule has 2 atom stereocenters. The molecule has 0 spiro atoms. The second-order valence-corrected chi connectivity index (χ2v) is 10.6. The number of nitrogens with zero attached hydrogens (tertiary/aromatic N) is 4. The summed E-state index contributed by atoms with van der Waals surface area (Å²) in [5.41, 5.74) is 0.907. The molecule has 0 amide bonds. The molecule has 4 rings (SSSR count). The fraction of sp³-hybridized carbons (Fsp3) is 0.409. The Bertz CT molecular complexity index is 1250. The molecule has 1 saturated carbocycles. The van der Waals surface area contributed by atoms with Crippen LogP contribution < -0.4 is 9.46 Å². The third kappa shape index (κ3) is 4.97. The van der Waals surface area contributed by atoms with Crippen LogP contribution in [0.5, 0.6) is 5.75 Å². The van der Waals surface area contributed by atoms with Gasteiger partial charge in [0.15, 0.2) is 11.6 Å². The molecule has 0 aliphatic heterocycles. The molecule has 1 aliphatic rings. The molecular weight excluding hydrogens is 452 g/mol. The van der Waals surface area contributed by atoms with Crippen LogP contribution in [0.1, 0.15) is 44.7 Å². The topological polar surface area (TPSA) is 99.0 Å². The van der Waals surface area contributed by atoms with Gasteiger partial charge in [-0.2, -0.15) is 5.10 Å². The summed E-state index contributed by atoms with van der Waals surface area (Å²) in [6, 6.07) is 4.60. The van der Waals surface area contributed by atoms with Crippen LogP contribution in [0.2, 0.25) is 0 Å². The summed E-state index contributed by atoms with van der Waals surface area (Å²) in [6.45, 7) is 4.21. The number of halogens is 2. The predicted octanol–water partition coefficient (Wildman–Crippen LogP) is 4.03. The van der Waals surface area contributed by atoms with E-state index in [-0.39, 0.29) is 22.9 Å². The molecule has 176 valence electrons. The number of ether oxygens (including phenoxy) is 1. The van der Waals surface area contributed by atoms with E-state index in [0.29, 0.717) is 12.5 Å². The molecule has 2 heterocycles. The SMILES string of the molecule is Cn1nccc1[C@H]1CCC(C)(C)C[C@@H]1Oc1cc(F)c(S(=O)(=O)Nc2ccncn2)cc1F. The van der Waals surface area contributed by atoms with Gasteiger partial charge in [0.25, 0.3) is 10.0 Å². The van der Waals surface area contributed by atoms with Crippen molar-refractivity contribution in [3.63, 3.8) is 0 Å². The van der Waals surface area contributed by atoms with Crippen molar-refractivity contribution < 1.29 is 21.9 Å². The third-order valence-corrected chi connectivity index (χ3v) is 7.32. The molecule has 0 unspecified atom stereocenters. The number of anilines is 1. The van der Waals surface area contributed by atoms with Gasteiger partial charge in [0.05, 0.1) is 0 Å². The summed E-state index contributed by atoms with van der Waals surface area (Å²) < 4.78 is 64.8. The maximum absolute atomic E-state index is 15.0. The van der Waals surface area contributed by atoms with Gasteiger partial charge in [0, 0.05) is 43.2 Å². The molecule has 3 aromatic rings. The van der Waals surface area contributed by atoms with E-state index in [1.165, 1.54) is 12.3 Å². The Kier molecular flexibility index (Phi) is 6.08. The average Bonchev–Trinajstić information content (AvgIpc) is 3.16. The Hall–Kier alpha value is -3.08. The largest absolute Gasteiger partial charge is 0.487 e. The van der Waals surface area contributed by atoms with Gasteiger partial charge >= 0.3 is 0 Å². The second-order valence-electron chi connectivity index (χ2n) is 8.96. The monoisotopic (exact) mass is 477 g/mol. The van der Waals surface area contributed by atoms with Gasteiger partial charge in [0.1, 0.15) is 29.0 Å². The van der Waals surface area contributed by atoms with Crippen LogP contribution in [0.4, 0.5) is 14.6 Å². The van der Waals surface area contributed by atoms with Crippen LogP contribution in [0.15, 0.2) is 47.9 Å². The number of aryl methyl sites for hydroxylation is 1. The van der Waals surface area contributed by atoms with Crippen LogP contribution in [-0.2, 0) is 17.1 Å². The minimum atomic E-state index is -4.41. The van der Waals surface area contributed by atoms with Crippen LogP contribution in [0.25, 0.3) is 0 Å². The molecule has 0 radical (unpaired) electrons. The first-order valence-corrected chi connectivity index (χ1v) is 12.0. The summed E-state index contributed by atoms with van der Waals surface area (Å²) in [5.74, 6) is -2.54. The van der Waals surface area contributed by atoms with Crippen molar-refractivity contribution in [2.45, 2.75) is 50.0 Å². The first-order chi connectivity index (χ1) is 15.6. The number of benzene rings is 1. The first kappa shape index (κ1) is 23.1. The summed E-state index contributed by atoms with van der Waals surface area (Å²) in [5, 5.41) is 4.22. The van der Waals surface area contributed by atoms with Gasteiger partial charge in [-0.3, -0.25) is 9.40 Å². The summed E-state index contributed by atoms with van der Waals surface area (Å²) >= 11 is 0. The van der Waals surface area contributed by atoms with Crippen LogP contribution >= 0.6 is 0 Å². The van der Waals surface area contributed by atoms with Gasteiger partial charge < -0.3 is 4.74 Å². The summed E-state index contributed by atoms with van der Waals surface area (Å²) in [7, 11) is -2.58. The van der Waals surface area contributed by atoms with Crippen molar-refractivity contribution in [3.8, 4) is 5.75 Å². The molecule has 1 N–H and O–H groups in total. The van der Waals surface area contributed by atoms with E-state index in [0.717, 1.165) is 30.9 Å². The van der Waals surface area contributed by atoms with E-state index in [2.05, 4.69) is 33.6 Å². The Morgan fingerprint density at radius 2 is 1.97 bits per heavy atom. The lowest BCUT2D eigenvalue weighted by Crippen LogP contribution is -2.37. The zero-order valence-corrected chi connectivity index (χ0v) is 19.3. The Morgan fingerprint density at radius 3 is 2.64 bits per heavy atom. The Labute approximate surface area is 191 Å². The van der Waals surface area contributed by atoms with Crippen molar-refractivity contribution in [2.75, 3.05) is 4.72 Å². The molecule has 1 fully saturated rings. The highest BCUT2D eigenvalue weighted by Gasteiger charge is 2.39. The number of hydrogen-bond donors (Lipinski definition) is 1. The van der Waals surface area contributed by atoms with Crippen molar-refractivity contribution in [3.05, 3.63) is 60.3 Å². The minimum Gasteiger partial charge on any atom is -0.487 e. The minimum absolute atomic E-state index is 0.0421. The number of rotatable bonds is 6. The molecule has 1 aromatic carbocycles. The number of sulfonamides is 1. The first-order valence-electron chi connectivity index (χ1n) is 10.5. The lowest BCUT2D eigenvalue weighted by molar-refractivity contribution is 0.0587. The van der Waals surface area contributed by atoms with Crippen LogP contribution in [0, 0.1) is 17.0 Å². The number of aromatic nitrogens is 4. The number of nitrogens with one attached hydrogen (secondary N) is 1. The van der Waals surface area contributed by atoms with Crippen molar-refractivity contribution in [1.29, 1.82) is 0 Å². The van der Waals surface area contributed by atoms with Gasteiger partial charge in [-0.05, 0) is 36.8 Å². The molecular formula is C22H25F2N5O3S. The second kappa shape index (κ2) is 8.69. The number of hydrogen-bond acceptors (Lipinski definition) is 6. The smallest absolute Gasteiger partial charge is 0.266 e. The van der Waals surface area contributed by atoms with E-state index >= 15 is 0 Å². The fourth-order valence-electron chi connectivity index (χ4n) is 4.24. The fourth-order valence-corrected chi connectivity index (χ4v) is 5.32. The lowest BCUT2D eigenvalue weighted by atomic mass is 9.70. The Balaban J connectivity index is 1.62. The van der Waals surface area contributed by atoms with E-state index < -0.39 is 32.7 Å². The highest BCUT2D eigenvalue weighted by molar-refractivity contribution is 7.92. The summed E-state index contributed by atoms with van der Waals surface area (Å²) in [4.78, 5) is 6.59. The molecule has 2 aromatic heterocycles. The van der Waals surface area contributed by atoms with E-state index in [1.807, 2.05) is 13.1 Å². The maximum atomic E-state index is 15.0. The normalized spacial score (nSPS) is 20.4.